The van der Waals surface area contributed by atoms with Crippen molar-refractivity contribution in [2.24, 2.45) is 0 Å². The van der Waals surface area contributed by atoms with Gasteiger partial charge in [0.2, 0.25) is 0 Å². The maximum atomic E-state index is 13.1. The summed E-state index contributed by atoms with van der Waals surface area (Å²) in [6.45, 7) is 0.342. The predicted octanol–water partition coefficient (Wildman–Crippen LogP) is 6.54. The monoisotopic (exact) mass is 465 g/mol. The summed E-state index contributed by atoms with van der Waals surface area (Å²) in [4.78, 5) is 0. The van der Waals surface area contributed by atoms with Crippen LogP contribution in [0.5, 0.6) is 0 Å². The second kappa shape index (κ2) is 9.19. The van der Waals surface area contributed by atoms with E-state index in [-0.39, 0.29) is 36.8 Å². The van der Waals surface area contributed by atoms with Gasteiger partial charge in [0.25, 0.3) is 0 Å². The summed E-state index contributed by atoms with van der Waals surface area (Å²) < 4.78 is 84.3. The lowest BCUT2D eigenvalue weighted by Gasteiger charge is -2.35. The molecule has 4 rings (SSSR count). The van der Waals surface area contributed by atoms with Gasteiger partial charge in [-0.3, -0.25) is 0 Å². The Morgan fingerprint density at radius 3 is 2.03 bits per heavy atom. The molecule has 0 saturated heterocycles. The van der Waals surface area contributed by atoms with Gasteiger partial charge in [0.1, 0.15) is 0 Å². The first-order chi connectivity index (χ1) is 15.6. The molecule has 33 heavy (non-hydrogen) atoms. The Balaban J connectivity index is 1.54. The molecule has 8 heteroatoms. The van der Waals surface area contributed by atoms with Crippen molar-refractivity contribution in [2.75, 3.05) is 6.61 Å². The van der Waals surface area contributed by atoms with Crippen molar-refractivity contribution in [3.63, 3.8) is 0 Å². The number of hydrogen-bond donors (Lipinski definition) is 1. The molecule has 2 nitrogen and oxygen atoms in total. The van der Waals surface area contributed by atoms with Crippen LogP contribution in [0.2, 0.25) is 0 Å². The summed E-state index contributed by atoms with van der Waals surface area (Å²) in [6, 6.07) is 19.0. The molecule has 0 saturated carbocycles. The van der Waals surface area contributed by atoms with Crippen LogP contribution < -0.4 is 5.32 Å². The molecule has 1 aliphatic heterocycles. The third kappa shape index (κ3) is 5.39. The molecule has 3 aromatic rings. The number of rotatable bonds is 5. The van der Waals surface area contributed by atoms with E-state index in [9.17, 15) is 26.3 Å². The standard InChI is InChI=1S/C25H21F6NO/c26-24(27,28)19-10-16(11-20(12-19)25(29,30)31)14-33-15-22-23(17-6-2-1-3-7-17)21-9-5-4-8-18(21)13-32-22/h1-12,22-23,32H,13-15H2/t22-,23-/m0/s1. The molecular formula is C25H21F6NO. The SMILES string of the molecule is FC(F)(F)c1cc(COC[C@@H]2NCc3ccccc3[C@@H]2c2ccccc2)cc(C(F)(F)F)c1. The summed E-state index contributed by atoms with van der Waals surface area (Å²) in [5.74, 6) is -0.0663. The normalized spacial score (nSPS) is 18.7. The summed E-state index contributed by atoms with van der Waals surface area (Å²) in [7, 11) is 0. The number of alkyl halides is 6. The minimum atomic E-state index is -4.89. The van der Waals surface area contributed by atoms with Crippen LogP contribution in [0.15, 0.2) is 72.8 Å². The average Bonchev–Trinajstić information content (AvgIpc) is 2.78. The molecule has 0 unspecified atom stereocenters. The van der Waals surface area contributed by atoms with Crippen LogP contribution >= 0.6 is 0 Å². The minimum Gasteiger partial charge on any atom is -0.375 e. The maximum Gasteiger partial charge on any atom is 0.416 e. The molecule has 1 N–H and O–H groups in total. The van der Waals surface area contributed by atoms with Crippen molar-refractivity contribution >= 4 is 0 Å². The number of fused-ring (bicyclic) bond motifs is 1. The van der Waals surface area contributed by atoms with Gasteiger partial charge in [-0.05, 0) is 40.5 Å². The topological polar surface area (TPSA) is 21.3 Å². The van der Waals surface area contributed by atoms with Crippen LogP contribution in [0.1, 0.15) is 39.3 Å². The molecule has 3 aromatic carbocycles. The lowest BCUT2D eigenvalue weighted by molar-refractivity contribution is -0.143. The van der Waals surface area contributed by atoms with E-state index >= 15 is 0 Å². The molecule has 0 amide bonds. The van der Waals surface area contributed by atoms with E-state index in [2.05, 4.69) is 5.32 Å². The molecular weight excluding hydrogens is 444 g/mol. The van der Waals surface area contributed by atoms with Gasteiger partial charge in [-0.1, -0.05) is 54.6 Å². The first kappa shape index (κ1) is 23.3. The van der Waals surface area contributed by atoms with Gasteiger partial charge in [0.15, 0.2) is 0 Å². The fourth-order valence-corrected chi connectivity index (χ4v) is 4.21. The van der Waals surface area contributed by atoms with Crippen LogP contribution in [-0.2, 0) is 30.2 Å². The molecule has 0 aliphatic carbocycles. The summed E-state index contributed by atoms with van der Waals surface area (Å²) in [5.41, 5.74) is 0.434. The number of ether oxygens (including phenoxy) is 1. The third-order valence-corrected chi connectivity index (χ3v) is 5.72. The predicted molar refractivity (Wildman–Crippen MR) is 111 cm³/mol. The van der Waals surface area contributed by atoms with Gasteiger partial charge in [-0.2, -0.15) is 26.3 Å². The van der Waals surface area contributed by atoms with Gasteiger partial charge in [-0.25, -0.2) is 0 Å². The zero-order chi connectivity index (χ0) is 23.6. The zero-order valence-electron chi connectivity index (χ0n) is 17.4. The highest BCUT2D eigenvalue weighted by atomic mass is 19.4. The Labute approximate surface area is 187 Å². The Bertz CT molecular complexity index is 1060. The fraction of sp³-hybridized carbons (Fsp3) is 0.280. The van der Waals surface area contributed by atoms with Crippen LogP contribution in [0.4, 0.5) is 26.3 Å². The quantitative estimate of drug-likeness (QED) is 0.432. The minimum absolute atomic E-state index is 0.0663. The molecule has 0 bridgehead atoms. The van der Waals surface area contributed by atoms with Crippen molar-refractivity contribution in [1.82, 2.24) is 5.32 Å². The molecule has 174 valence electrons. The van der Waals surface area contributed by atoms with Crippen LogP contribution in [0.3, 0.4) is 0 Å². The summed E-state index contributed by atoms with van der Waals surface area (Å²) in [6.07, 6.45) is -9.77. The second-order valence-corrected chi connectivity index (χ2v) is 8.00. The largest absolute Gasteiger partial charge is 0.416 e. The smallest absolute Gasteiger partial charge is 0.375 e. The number of halogens is 6. The maximum absolute atomic E-state index is 13.1. The highest BCUT2D eigenvalue weighted by Gasteiger charge is 2.37. The highest BCUT2D eigenvalue weighted by Crippen LogP contribution is 2.37. The lowest BCUT2D eigenvalue weighted by atomic mass is 9.80. The number of benzene rings is 3. The van der Waals surface area contributed by atoms with E-state index < -0.39 is 23.5 Å². The zero-order valence-corrected chi connectivity index (χ0v) is 17.4. The molecule has 0 fully saturated rings. The van der Waals surface area contributed by atoms with Crippen molar-refractivity contribution < 1.29 is 31.1 Å². The van der Waals surface area contributed by atoms with Crippen LogP contribution in [-0.4, -0.2) is 12.6 Å². The van der Waals surface area contributed by atoms with Gasteiger partial charge < -0.3 is 10.1 Å². The summed E-state index contributed by atoms with van der Waals surface area (Å²) in [5, 5.41) is 3.40. The van der Waals surface area contributed by atoms with E-state index in [0.29, 0.717) is 18.7 Å². The Morgan fingerprint density at radius 1 is 0.788 bits per heavy atom. The third-order valence-electron chi connectivity index (χ3n) is 5.72. The lowest BCUT2D eigenvalue weighted by Crippen LogP contribution is -2.43. The highest BCUT2D eigenvalue weighted by molar-refractivity contribution is 5.41. The van der Waals surface area contributed by atoms with Crippen molar-refractivity contribution in [3.8, 4) is 0 Å². The Kier molecular flexibility index (Phi) is 6.50. The number of hydrogen-bond acceptors (Lipinski definition) is 2. The van der Waals surface area contributed by atoms with Gasteiger partial charge in [0, 0.05) is 18.5 Å². The van der Waals surface area contributed by atoms with Crippen molar-refractivity contribution in [1.29, 1.82) is 0 Å². The van der Waals surface area contributed by atoms with E-state index in [0.717, 1.165) is 16.7 Å². The molecule has 1 aliphatic rings. The fourth-order valence-electron chi connectivity index (χ4n) is 4.21. The van der Waals surface area contributed by atoms with Crippen molar-refractivity contribution in [3.05, 3.63) is 106 Å². The van der Waals surface area contributed by atoms with E-state index in [1.807, 2.05) is 54.6 Å². The molecule has 0 aromatic heterocycles. The molecule has 2 atom stereocenters. The van der Waals surface area contributed by atoms with Gasteiger partial charge >= 0.3 is 12.4 Å². The molecule has 1 heterocycles. The van der Waals surface area contributed by atoms with E-state index in [1.54, 1.807) is 0 Å². The Hall–Kier alpha value is -2.84. The first-order valence-corrected chi connectivity index (χ1v) is 10.3. The number of nitrogens with one attached hydrogen (secondary N) is 1. The van der Waals surface area contributed by atoms with E-state index in [1.165, 1.54) is 0 Å². The molecule has 0 spiro atoms. The van der Waals surface area contributed by atoms with Crippen LogP contribution in [0.25, 0.3) is 0 Å². The summed E-state index contributed by atoms with van der Waals surface area (Å²) >= 11 is 0. The van der Waals surface area contributed by atoms with E-state index in [4.69, 9.17) is 4.74 Å². The van der Waals surface area contributed by atoms with Gasteiger partial charge in [-0.15, -0.1) is 0 Å². The second-order valence-electron chi connectivity index (χ2n) is 8.00. The average molecular weight is 465 g/mol. The van der Waals surface area contributed by atoms with Crippen LogP contribution in [0, 0.1) is 0 Å². The van der Waals surface area contributed by atoms with Gasteiger partial charge in [0.05, 0.1) is 24.3 Å². The Morgan fingerprint density at radius 2 is 1.39 bits per heavy atom. The molecule has 0 radical (unpaired) electrons. The first-order valence-electron chi connectivity index (χ1n) is 10.3. The van der Waals surface area contributed by atoms with Crippen molar-refractivity contribution in [2.45, 2.75) is 37.5 Å².